The summed E-state index contributed by atoms with van der Waals surface area (Å²) in [5.74, 6) is -0.603. The number of aliphatic hydroxyl groups excluding tert-OH is 7. The fraction of sp³-hybridized carbons (Fsp3) is 0.889. The minimum Gasteiger partial charge on any atom is -0.393 e. The maximum Gasteiger partial charge on any atom is 0.472 e. The first-order valence-electron chi connectivity index (χ1n) is 23.4. The SMILES string of the molecule is CCCCC/C=C\CCCCCC(O)CC(=O)NC(COP(=O)(O)OC1C(O)C(O)C(O)C(O)C1O)C(O)/C=C/CCCCCCCCCCCCCCCCCCC. The van der Waals surface area contributed by atoms with E-state index in [9.17, 15) is 50.0 Å². The molecule has 1 saturated carbocycles. The summed E-state index contributed by atoms with van der Waals surface area (Å²) in [5.41, 5.74) is 0. The van der Waals surface area contributed by atoms with E-state index in [-0.39, 0.29) is 6.42 Å². The highest BCUT2D eigenvalue weighted by Gasteiger charge is 2.51. The maximum absolute atomic E-state index is 13.0. The Kier molecular flexibility index (Phi) is 33.3. The Morgan fingerprint density at radius 3 is 1.47 bits per heavy atom. The number of allylic oxidation sites excluding steroid dienone is 3. The van der Waals surface area contributed by atoms with Crippen LogP contribution in [0.5, 0.6) is 0 Å². The molecule has 1 aliphatic carbocycles. The Morgan fingerprint density at radius 2 is 0.983 bits per heavy atom. The predicted molar refractivity (Wildman–Crippen MR) is 234 cm³/mol. The molecule has 0 aliphatic heterocycles. The van der Waals surface area contributed by atoms with Crippen LogP contribution in [0, 0.1) is 0 Å². The lowest BCUT2D eigenvalue weighted by atomic mass is 9.85. The van der Waals surface area contributed by atoms with Crippen molar-refractivity contribution < 1.29 is 59.0 Å². The molecule has 1 amide bonds. The molecule has 0 aromatic heterocycles. The molecule has 1 aliphatic rings. The Hall–Kier alpha value is -1.22. The second-order valence-electron chi connectivity index (χ2n) is 16.8. The molecule has 8 atom stereocenters. The third-order valence-corrected chi connectivity index (χ3v) is 12.3. The summed E-state index contributed by atoms with van der Waals surface area (Å²) in [6, 6.07) is -1.24. The second kappa shape index (κ2) is 35.3. The van der Waals surface area contributed by atoms with E-state index >= 15 is 0 Å². The molecule has 8 unspecified atom stereocenters. The Morgan fingerprint density at radius 1 is 0.593 bits per heavy atom. The first kappa shape index (κ1) is 55.8. The highest BCUT2D eigenvalue weighted by atomic mass is 31.2. The molecule has 0 aromatic carbocycles. The van der Waals surface area contributed by atoms with Crippen molar-refractivity contribution in [1.29, 1.82) is 0 Å². The zero-order valence-corrected chi connectivity index (χ0v) is 37.6. The van der Waals surface area contributed by atoms with Crippen LogP contribution in [0.25, 0.3) is 0 Å². The van der Waals surface area contributed by atoms with Crippen LogP contribution in [0.1, 0.15) is 194 Å². The number of rotatable bonds is 38. The van der Waals surface area contributed by atoms with Gasteiger partial charge in [0.1, 0.15) is 36.6 Å². The van der Waals surface area contributed by atoms with Crippen molar-refractivity contribution in [1.82, 2.24) is 5.32 Å². The molecule has 0 bridgehead atoms. The van der Waals surface area contributed by atoms with Crippen LogP contribution in [-0.2, 0) is 18.4 Å². The van der Waals surface area contributed by atoms with Crippen LogP contribution in [0.2, 0.25) is 0 Å². The summed E-state index contributed by atoms with van der Waals surface area (Å²) >= 11 is 0. The third-order valence-electron chi connectivity index (χ3n) is 11.3. The summed E-state index contributed by atoms with van der Waals surface area (Å²) in [6.45, 7) is 3.70. The molecule has 14 heteroatoms. The van der Waals surface area contributed by atoms with Crippen molar-refractivity contribution in [3.8, 4) is 0 Å². The van der Waals surface area contributed by atoms with E-state index in [1.54, 1.807) is 6.08 Å². The van der Waals surface area contributed by atoms with Crippen molar-refractivity contribution >= 4 is 13.7 Å². The molecular weight excluding hydrogens is 777 g/mol. The second-order valence-corrected chi connectivity index (χ2v) is 18.2. The molecule has 0 aromatic rings. The number of unbranched alkanes of at least 4 members (excludes halogenated alkanes) is 23. The van der Waals surface area contributed by atoms with Gasteiger partial charge >= 0.3 is 7.82 Å². The largest absolute Gasteiger partial charge is 0.472 e. The van der Waals surface area contributed by atoms with E-state index < -0.39 is 75.2 Å². The number of carbonyl (C=O) groups excluding carboxylic acids is 1. The standard InChI is InChI=1S/C45H86NO12P/c1-3-5-7-9-11-13-15-16-17-18-19-20-21-22-23-25-27-29-31-33-38(48)37(35-57-59(55,56)58-45-43(53)41(51)40(50)42(52)44(45)54)46-39(49)34-36(47)32-30-28-26-24-14-12-10-8-6-4-2/h12,14,31,33,36-38,40-45,47-48,50-54H,3-11,13,15-30,32,34-35H2,1-2H3,(H,46,49)(H,55,56)/b14-12-,33-31+. The predicted octanol–water partition coefficient (Wildman–Crippen LogP) is 7.59. The van der Waals surface area contributed by atoms with Gasteiger partial charge in [-0.3, -0.25) is 13.8 Å². The number of phosphoric ester groups is 1. The fourth-order valence-corrected chi connectivity index (χ4v) is 8.38. The molecule has 0 saturated heterocycles. The lowest BCUT2D eigenvalue weighted by molar-refractivity contribution is -0.220. The normalized spacial score (nSPS) is 23.8. The van der Waals surface area contributed by atoms with Crippen LogP contribution in [0.15, 0.2) is 24.3 Å². The lowest BCUT2D eigenvalue weighted by Crippen LogP contribution is -2.64. The van der Waals surface area contributed by atoms with Crippen molar-refractivity contribution in [2.45, 2.75) is 249 Å². The number of hydrogen-bond donors (Lipinski definition) is 9. The van der Waals surface area contributed by atoms with Gasteiger partial charge in [0.2, 0.25) is 5.91 Å². The Labute approximate surface area is 356 Å². The summed E-state index contributed by atoms with van der Waals surface area (Å²) in [4.78, 5) is 23.4. The van der Waals surface area contributed by atoms with E-state index in [0.717, 1.165) is 51.4 Å². The molecule has 0 heterocycles. The van der Waals surface area contributed by atoms with E-state index in [2.05, 4.69) is 31.3 Å². The van der Waals surface area contributed by atoms with Gasteiger partial charge in [-0.2, -0.15) is 0 Å². The molecule has 348 valence electrons. The van der Waals surface area contributed by atoms with Crippen LogP contribution in [0.4, 0.5) is 0 Å². The molecule has 0 radical (unpaired) electrons. The van der Waals surface area contributed by atoms with Crippen molar-refractivity contribution in [3.05, 3.63) is 24.3 Å². The Bertz CT molecular complexity index is 1110. The number of phosphoric acid groups is 1. The summed E-state index contributed by atoms with van der Waals surface area (Å²) in [7, 11) is -5.14. The van der Waals surface area contributed by atoms with E-state index in [1.165, 1.54) is 115 Å². The molecule has 13 nitrogen and oxygen atoms in total. The van der Waals surface area contributed by atoms with Gasteiger partial charge < -0.3 is 46.0 Å². The quantitative estimate of drug-likeness (QED) is 0.0166. The van der Waals surface area contributed by atoms with Crippen LogP contribution < -0.4 is 5.32 Å². The highest BCUT2D eigenvalue weighted by Crippen LogP contribution is 2.47. The van der Waals surface area contributed by atoms with Gasteiger partial charge in [0, 0.05) is 0 Å². The zero-order valence-electron chi connectivity index (χ0n) is 36.7. The van der Waals surface area contributed by atoms with Gasteiger partial charge in [0.25, 0.3) is 0 Å². The molecule has 1 rings (SSSR count). The minimum atomic E-state index is -5.14. The molecule has 0 spiro atoms. The number of nitrogens with one attached hydrogen (secondary N) is 1. The topological polar surface area (TPSA) is 226 Å². The molecule has 9 N–H and O–H groups in total. The van der Waals surface area contributed by atoms with E-state index in [0.29, 0.717) is 12.8 Å². The summed E-state index contributed by atoms with van der Waals surface area (Å²) in [5, 5.41) is 74.3. The average molecular weight is 864 g/mol. The first-order valence-corrected chi connectivity index (χ1v) is 24.9. The van der Waals surface area contributed by atoms with Crippen molar-refractivity contribution in [2.75, 3.05) is 6.61 Å². The molecule has 59 heavy (non-hydrogen) atoms. The smallest absolute Gasteiger partial charge is 0.393 e. The van der Waals surface area contributed by atoms with Crippen molar-refractivity contribution in [2.24, 2.45) is 0 Å². The summed E-state index contributed by atoms with van der Waals surface area (Å²) < 4.78 is 22.8. The third kappa shape index (κ3) is 27.5. The number of hydrogen-bond acceptors (Lipinski definition) is 11. The average Bonchev–Trinajstić information content (AvgIpc) is 3.21. The minimum absolute atomic E-state index is 0.255. The number of amides is 1. The van der Waals surface area contributed by atoms with Gasteiger partial charge in [0.15, 0.2) is 0 Å². The molecular formula is C45H86NO12P. The zero-order chi connectivity index (χ0) is 43.7. The van der Waals surface area contributed by atoms with Gasteiger partial charge in [-0.15, -0.1) is 0 Å². The van der Waals surface area contributed by atoms with Crippen molar-refractivity contribution in [3.63, 3.8) is 0 Å². The fourth-order valence-electron chi connectivity index (χ4n) is 7.41. The van der Waals surface area contributed by atoms with Gasteiger partial charge in [-0.1, -0.05) is 167 Å². The van der Waals surface area contributed by atoms with Gasteiger partial charge in [0.05, 0.1) is 31.3 Å². The number of aliphatic hydroxyl groups is 7. The van der Waals surface area contributed by atoms with Crippen LogP contribution >= 0.6 is 7.82 Å². The number of carbonyl (C=O) groups is 1. The monoisotopic (exact) mass is 864 g/mol. The van der Waals surface area contributed by atoms with Gasteiger partial charge in [-0.05, 0) is 44.9 Å². The van der Waals surface area contributed by atoms with Gasteiger partial charge in [-0.25, -0.2) is 4.57 Å². The van der Waals surface area contributed by atoms with E-state index in [4.69, 9.17) is 9.05 Å². The summed E-state index contributed by atoms with van der Waals surface area (Å²) in [6.07, 6.45) is 24.2. The first-order chi connectivity index (χ1) is 28.3. The van der Waals surface area contributed by atoms with Crippen LogP contribution in [0.3, 0.4) is 0 Å². The maximum atomic E-state index is 13.0. The highest BCUT2D eigenvalue weighted by molar-refractivity contribution is 7.47. The molecule has 1 fully saturated rings. The van der Waals surface area contributed by atoms with E-state index in [1.807, 2.05) is 0 Å². The lowest BCUT2D eigenvalue weighted by Gasteiger charge is -2.41. The Balaban J connectivity index is 2.54. The van der Waals surface area contributed by atoms with Crippen LogP contribution in [-0.4, -0.2) is 108 Å².